The highest BCUT2D eigenvalue weighted by atomic mass is 32.1. The fourth-order valence-corrected chi connectivity index (χ4v) is 7.34. The fourth-order valence-electron chi connectivity index (χ4n) is 5.48. The average molecular weight is 558 g/mol. The molecule has 3 heteroatoms. The van der Waals surface area contributed by atoms with Crippen molar-refractivity contribution >= 4 is 39.8 Å². The number of unbranched alkanes of at least 4 members (excludes halogenated alkanes) is 18. The van der Waals surface area contributed by atoms with Gasteiger partial charge in [0.1, 0.15) is 0 Å². The lowest BCUT2D eigenvalue weighted by Gasteiger charge is -2.04. The molecule has 0 aliphatic carbocycles. The quantitative estimate of drug-likeness (QED) is 0.128. The van der Waals surface area contributed by atoms with Crippen LogP contribution in [0.15, 0.2) is 12.1 Å². The Hall–Kier alpha value is -1.06. The minimum absolute atomic E-state index is 0.958. The summed E-state index contributed by atoms with van der Waals surface area (Å²) in [5.41, 5.74) is 9.23. The predicted molar refractivity (Wildman–Crippen MR) is 178 cm³/mol. The van der Waals surface area contributed by atoms with Crippen molar-refractivity contribution in [3.63, 3.8) is 0 Å². The first-order valence-corrected chi connectivity index (χ1v) is 17.9. The molecule has 2 N–H and O–H groups in total. The third-order valence-corrected chi connectivity index (χ3v) is 9.84. The Kier molecular flexibility index (Phi) is 19.0. The van der Waals surface area contributed by atoms with Gasteiger partial charge in [0.15, 0.2) is 0 Å². The number of rotatable bonds is 24. The molecule has 216 valence electrons. The van der Waals surface area contributed by atoms with Crippen molar-refractivity contribution in [1.29, 1.82) is 0 Å². The highest BCUT2D eigenvalue weighted by Crippen LogP contribution is 2.31. The molecule has 0 amide bonds. The zero-order valence-corrected chi connectivity index (χ0v) is 26.9. The van der Waals surface area contributed by atoms with Gasteiger partial charge in [-0.3, -0.25) is 0 Å². The van der Waals surface area contributed by atoms with Gasteiger partial charge in [-0.15, -0.1) is 22.7 Å². The van der Waals surface area contributed by atoms with Gasteiger partial charge < -0.3 is 5.73 Å². The van der Waals surface area contributed by atoms with Gasteiger partial charge in [0.2, 0.25) is 0 Å². The van der Waals surface area contributed by atoms with Crippen LogP contribution in [0.1, 0.15) is 168 Å². The molecule has 0 saturated heterocycles. The van der Waals surface area contributed by atoms with Crippen LogP contribution in [0.4, 0.5) is 5.00 Å². The van der Waals surface area contributed by atoms with Crippen LogP contribution < -0.4 is 5.73 Å². The van der Waals surface area contributed by atoms with E-state index in [-0.39, 0.29) is 0 Å². The lowest BCUT2D eigenvalue weighted by Crippen LogP contribution is -1.88. The molecule has 0 saturated carbocycles. The molecule has 0 atom stereocenters. The summed E-state index contributed by atoms with van der Waals surface area (Å²) in [5, 5.41) is 0.958. The van der Waals surface area contributed by atoms with Gasteiger partial charge in [-0.05, 0) is 68.0 Å². The molecule has 0 radical (unpaired) electrons. The molecule has 2 heterocycles. The lowest BCUT2D eigenvalue weighted by atomic mass is 10.0. The molecule has 0 unspecified atom stereocenters. The number of aryl methyl sites for hydroxylation is 3. The smallest absolute Gasteiger partial charge is 0.0865 e. The van der Waals surface area contributed by atoms with Crippen molar-refractivity contribution in [3.8, 4) is 0 Å². The zero-order valence-electron chi connectivity index (χ0n) is 25.3. The second kappa shape index (κ2) is 21.7. The molecule has 0 aliphatic heterocycles. The fraction of sp³-hybridized carbons (Fsp3) is 0.714. The van der Waals surface area contributed by atoms with E-state index in [1.807, 2.05) is 11.3 Å². The van der Waals surface area contributed by atoms with E-state index >= 15 is 0 Å². The highest BCUT2D eigenvalue weighted by molar-refractivity contribution is 7.17. The average Bonchev–Trinajstić information content (AvgIpc) is 3.45. The van der Waals surface area contributed by atoms with E-state index in [0.29, 0.717) is 0 Å². The van der Waals surface area contributed by atoms with E-state index in [1.165, 1.54) is 161 Å². The third-order valence-electron chi connectivity index (χ3n) is 7.81. The second-order valence-electron chi connectivity index (χ2n) is 11.5. The highest BCUT2D eigenvalue weighted by Gasteiger charge is 2.08. The van der Waals surface area contributed by atoms with Crippen LogP contribution in [-0.2, 0) is 12.8 Å². The molecule has 0 aliphatic rings. The standard InChI is InChI=1S/C35H59NS2/c1-4-6-8-10-12-14-16-18-20-22-24-31-28-30(3)37-33(31)26-27-34-32(29-35(36)38-34)25-23-21-19-17-15-13-11-9-7-5-2/h26-29H,4-25,36H2,1-3H3/b27-26+. The number of anilines is 1. The summed E-state index contributed by atoms with van der Waals surface area (Å²) in [5.74, 6) is 0. The summed E-state index contributed by atoms with van der Waals surface area (Å²) in [6.07, 6.45) is 35.0. The van der Waals surface area contributed by atoms with Gasteiger partial charge in [-0.1, -0.05) is 129 Å². The topological polar surface area (TPSA) is 26.0 Å². The molecule has 0 spiro atoms. The Labute approximate surface area is 244 Å². The van der Waals surface area contributed by atoms with Crippen LogP contribution in [-0.4, -0.2) is 0 Å². The largest absolute Gasteiger partial charge is 0.391 e. The summed E-state index contributed by atoms with van der Waals surface area (Å²) < 4.78 is 0. The van der Waals surface area contributed by atoms with E-state index < -0.39 is 0 Å². The normalized spacial score (nSPS) is 11.8. The minimum atomic E-state index is 0.958. The maximum absolute atomic E-state index is 6.24. The molecular formula is C35H59NS2. The number of nitrogen functional groups attached to an aromatic ring is 1. The first-order valence-electron chi connectivity index (χ1n) is 16.3. The molecular weight excluding hydrogens is 499 g/mol. The molecule has 2 aromatic rings. The van der Waals surface area contributed by atoms with Gasteiger partial charge in [-0.2, -0.15) is 0 Å². The van der Waals surface area contributed by atoms with Gasteiger partial charge in [0.05, 0.1) is 5.00 Å². The first kappa shape index (κ1) is 33.1. The maximum Gasteiger partial charge on any atom is 0.0865 e. The molecule has 0 bridgehead atoms. The van der Waals surface area contributed by atoms with Crippen molar-refractivity contribution < 1.29 is 0 Å². The Morgan fingerprint density at radius 2 is 0.895 bits per heavy atom. The maximum atomic E-state index is 6.24. The van der Waals surface area contributed by atoms with E-state index in [1.54, 1.807) is 16.9 Å². The summed E-state index contributed by atoms with van der Waals surface area (Å²) in [4.78, 5) is 4.26. The first-order chi connectivity index (χ1) is 18.6. The molecule has 38 heavy (non-hydrogen) atoms. The third kappa shape index (κ3) is 14.9. The second-order valence-corrected chi connectivity index (χ2v) is 13.9. The van der Waals surface area contributed by atoms with Crippen LogP contribution in [0.25, 0.3) is 12.2 Å². The molecule has 0 fully saturated rings. The van der Waals surface area contributed by atoms with E-state index in [2.05, 4.69) is 45.1 Å². The van der Waals surface area contributed by atoms with Gasteiger partial charge in [-0.25, -0.2) is 0 Å². The number of nitrogens with two attached hydrogens (primary N) is 1. The van der Waals surface area contributed by atoms with Gasteiger partial charge in [0.25, 0.3) is 0 Å². The molecule has 2 rings (SSSR count). The van der Waals surface area contributed by atoms with Gasteiger partial charge in [0, 0.05) is 14.6 Å². The van der Waals surface area contributed by atoms with Crippen molar-refractivity contribution in [2.24, 2.45) is 0 Å². The SMILES string of the molecule is CCCCCCCCCCCCc1cc(C)sc1/C=C/c1sc(N)cc1CCCCCCCCCCCC. The molecule has 2 aromatic heterocycles. The lowest BCUT2D eigenvalue weighted by molar-refractivity contribution is 0.556. The van der Waals surface area contributed by atoms with Crippen LogP contribution >= 0.6 is 22.7 Å². The van der Waals surface area contributed by atoms with Crippen molar-refractivity contribution in [2.75, 3.05) is 5.73 Å². The van der Waals surface area contributed by atoms with Crippen molar-refractivity contribution in [3.05, 3.63) is 37.9 Å². The summed E-state index contributed by atoms with van der Waals surface area (Å²) in [6.45, 7) is 6.85. The Morgan fingerprint density at radius 1 is 0.526 bits per heavy atom. The Bertz CT molecular complexity index is 789. The van der Waals surface area contributed by atoms with Crippen LogP contribution in [0.2, 0.25) is 0 Å². The van der Waals surface area contributed by atoms with E-state index in [4.69, 9.17) is 5.73 Å². The number of thiophene rings is 2. The van der Waals surface area contributed by atoms with E-state index in [0.717, 1.165) is 5.00 Å². The van der Waals surface area contributed by atoms with Gasteiger partial charge >= 0.3 is 0 Å². The zero-order chi connectivity index (χ0) is 27.3. The number of hydrogen-bond acceptors (Lipinski definition) is 3. The monoisotopic (exact) mass is 557 g/mol. The molecule has 0 aromatic carbocycles. The van der Waals surface area contributed by atoms with Crippen LogP contribution in [0.5, 0.6) is 0 Å². The minimum Gasteiger partial charge on any atom is -0.391 e. The van der Waals surface area contributed by atoms with Crippen molar-refractivity contribution in [2.45, 2.75) is 162 Å². The van der Waals surface area contributed by atoms with Crippen LogP contribution in [0, 0.1) is 6.92 Å². The summed E-state index contributed by atoms with van der Waals surface area (Å²) in [6, 6.07) is 4.65. The van der Waals surface area contributed by atoms with Crippen molar-refractivity contribution in [1.82, 2.24) is 0 Å². The van der Waals surface area contributed by atoms with E-state index in [9.17, 15) is 0 Å². The Morgan fingerprint density at radius 3 is 1.34 bits per heavy atom. The summed E-state index contributed by atoms with van der Waals surface area (Å²) >= 11 is 3.71. The predicted octanol–water partition coefficient (Wildman–Crippen LogP) is 12.8. The molecule has 1 nitrogen and oxygen atoms in total. The Balaban J connectivity index is 1.69. The van der Waals surface area contributed by atoms with Crippen LogP contribution in [0.3, 0.4) is 0 Å². The summed E-state index contributed by atoms with van der Waals surface area (Å²) in [7, 11) is 0. The number of hydrogen-bond donors (Lipinski definition) is 1.